The van der Waals surface area contributed by atoms with Crippen LogP contribution in [0, 0.1) is 10.1 Å². The van der Waals surface area contributed by atoms with Crippen LogP contribution in [-0.2, 0) is 0 Å². The van der Waals surface area contributed by atoms with E-state index in [1.54, 1.807) is 12.1 Å². The first-order valence-electron chi connectivity index (χ1n) is 4.68. The summed E-state index contributed by atoms with van der Waals surface area (Å²) in [5.74, 6) is 0. The highest BCUT2D eigenvalue weighted by molar-refractivity contribution is 9.10. The zero-order valence-corrected chi connectivity index (χ0v) is 9.85. The van der Waals surface area contributed by atoms with Gasteiger partial charge in [0.15, 0.2) is 0 Å². The summed E-state index contributed by atoms with van der Waals surface area (Å²) in [6, 6.07) is 14.4. The molecule has 0 aliphatic rings. The molecule has 0 spiro atoms. The van der Waals surface area contributed by atoms with Crippen molar-refractivity contribution in [3.8, 4) is 11.1 Å². The van der Waals surface area contributed by atoms with Crippen molar-refractivity contribution in [2.75, 3.05) is 0 Å². The Morgan fingerprint density at radius 2 is 1.75 bits per heavy atom. The second-order valence-corrected chi connectivity index (χ2v) is 4.20. The number of halogens is 1. The van der Waals surface area contributed by atoms with Crippen molar-refractivity contribution in [3.05, 3.63) is 63.1 Å². The summed E-state index contributed by atoms with van der Waals surface area (Å²) in [7, 11) is 0. The van der Waals surface area contributed by atoms with Crippen LogP contribution >= 0.6 is 15.9 Å². The Kier molecular flexibility index (Phi) is 3.01. The molecule has 0 saturated heterocycles. The van der Waals surface area contributed by atoms with Gasteiger partial charge in [0.2, 0.25) is 0 Å². The number of hydrogen-bond donors (Lipinski definition) is 0. The summed E-state index contributed by atoms with van der Waals surface area (Å²) in [6.45, 7) is 0. The van der Waals surface area contributed by atoms with Crippen LogP contribution in [0.3, 0.4) is 0 Å². The van der Waals surface area contributed by atoms with Gasteiger partial charge in [-0.15, -0.1) is 0 Å². The second kappa shape index (κ2) is 4.45. The number of benzene rings is 2. The summed E-state index contributed by atoms with van der Waals surface area (Å²) in [5, 5.41) is 10.9. The molecule has 16 heavy (non-hydrogen) atoms. The van der Waals surface area contributed by atoms with Crippen LogP contribution in [0.25, 0.3) is 11.1 Å². The van der Waals surface area contributed by atoms with Crippen LogP contribution in [0.2, 0.25) is 0 Å². The van der Waals surface area contributed by atoms with Crippen LogP contribution in [0.4, 0.5) is 5.69 Å². The summed E-state index contributed by atoms with van der Waals surface area (Å²) < 4.78 is 0.707. The van der Waals surface area contributed by atoms with E-state index in [-0.39, 0.29) is 10.6 Å². The lowest BCUT2D eigenvalue weighted by molar-refractivity contribution is -0.384. The predicted octanol–water partition coefficient (Wildman–Crippen LogP) is 4.02. The largest absolute Gasteiger partial charge is 0.278 e. The molecule has 0 heterocycles. The number of rotatable bonds is 2. The molecule has 3 nitrogen and oxygen atoms in total. The van der Waals surface area contributed by atoms with E-state index in [0.29, 0.717) is 10.0 Å². The van der Waals surface area contributed by atoms with E-state index in [4.69, 9.17) is 0 Å². The van der Waals surface area contributed by atoms with Crippen molar-refractivity contribution in [1.29, 1.82) is 0 Å². The van der Waals surface area contributed by atoms with Gasteiger partial charge in [-0.1, -0.05) is 46.3 Å². The smallest absolute Gasteiger partial charge is 0.258 e. The van der Waals surface area contributed by atoms with Crippen LogP contribution in [0.1, 0.15) is 0 Å². The third-order valence-corrected chi connectivity index (χ3v) is 2.73. The van der Waals surface area contributed by atoms with E-state index < -0.39 is 0 Å². The molecule has 2 aromatic rings. The lowest BCUT2D eigenvalue weighted by Crippen LogP contribution is -1.91. The Morgan fingerprint density at radius 1 is 1.06 bits per heavy atom. The Bertz CT molecular complexity index is 526. The highest BCUT2D eigenvalue weighted by Gasteiger charge is 2.14. The highest BCUT2D eigenvalue weighted by Crippen LogP contribution is 2.31. The Hall–Kier alpha value is -1.68. The minimum absolute atomic E-state index is 0.112. The molecular weight excluding hydrogens is 270 g/mol. The van der Waals surface area contributed by atoms with Gasteiger partial charge in [-0.25, -0.2) is 0 Å². The minimum Gasteiger partial charge on any atom is -0.258 e. The molecule has 0 radical (unpaired) electrons. The first-order chi connectivity index (χ1) is 7.68. The molecular formula is C12H8BrNO2. The standard InChI is InChI=1S/C12H8BrNO2/c13-10-6-7-11(12(8-10)14(15)16)9-4-2-1-3-5-9/h1-8H. The first kappa shape index (κ1) is 10.8. The Morgan fingerprint density at radius 3 is 2.38 bits per heavy atom. The maximum Gasteiger partial charge on any atom is 0.278 e. The van der Waals surface area contributed by atoms with E-state index in [1.807, 2.05) is 30.3 Å². The van der Waals surface area contributed by atoms with E-state index in [2.05, 4.69) is 15.9 Å². The molecule has 0 amide bonds. The lowest BCUT2D eigenvalue weighted by atomic mass is 10.0. The van der Waals surface area contributed by atoms with Crippen molar-refractivity contribution in [1.82, 2.24) is 0 Å². The highest BCUT2D eigenvalue weighted by atomic mass is 79.9. The second-order valence-electron chi connectivity index (χ2n) is 3.28. The molecule has 0 aromatic heterocycles. The molecule has 0 atom stereocenters. The van der Waals surface area contributed by atoms with E-state index in [0.717, 1.165) is 5.56 Å². The number of nitro benzene ring substituents is 1. The fourth-order valence-corrected chi connectivity index (χ4v) is 1.87. The quantitative estimate of drug-likeness (QED) is 0.615. The van der Waals surface area contributed by atoms with Crippen molar-refractivity contribution in [2.24, 2.45) is 0 Å². The number of nitro groups is 1. The summed E-state index contributed by atoms with van der Waals surface area (Å²) >= 11 is 3.23. The van der Waals surface area contributed by atoms with Crippen molar-refractivity contribution < 1.29 is 4.92 Å². The zero-order valence-electron chi connectivity index (χ0n) is 8.26. The molecule has 0 aliphatic carbocycles. The van der Waals surface area contributed by atoms with Crippen LogP contribution < -0.4 is 0 Å². The molecule has 0 unspecified atom stereocenters. The number of nitrogens with zero attached hydrogens (tertiary/aromatic N) is 1. The van der Waals surface area contributed by atoms with Gasteiger partial charge in [0, 0.05) is 10.5 Å². The van der Waals surface area contributed by atoms with E-state index in [1.165, 1.54) is 6.07 Å². The molecule has 80 valence electrons. The molecule has 2 aromatic carbocycles. The average Bonchev–Trinajstić information content (AvgIpc) is 2.30. The van der Waals surface area contributed by atoms with Crippen LogP contribution in [0.15, 0.2) is 53.0 Å². The third kappa shape index (κ3) is 2.12. The zero-order chi connectivity index (χ0) is 11.5. The van der Waals surface area contributed by atoms with Gasteiger partial charge in [0.25, 0.3) is 5.69 Å². The van der Waals surface area contributed by atoms with E-state index >= 15 is 0 Å². The SMILES string of the molecule is O=[N+]([O-])c1cc(Br)ccc1-c1ccccc1. The third-order valence-electron chi connectivity index (χ3n) is 2.24. The molecule has 0 fully saturated rings. The maximum atomic E-state index is 10.9. The van der Waals surface area contributed by atoms with Crippen LogP contribution in [-0.4, -0.2) is 4.92 Å². The average molecular weight is 278 g/mol. The van der Waals surface area contributed by atoms with E-state index in [9.17, 15) is 10.1 Å². The van der Waals surface area contributed by atoms with Gasteiger partial charge in [-0.05, 0) is 17.7 Å². The number of hydrogen-bond acceptors (Lipinski definition) is 2. The molecule has 0 aliphatic heterocycles. The summed E-state index contributed by atoms with van der Waals surface area (Å²) in [4.78, 5) is 10.6. The monoisotopic (exact) mass is 277 g/mol. The predicted molar refractivity (Wildman–Crippen MR) is 66.2 cm³/mol. The normalized spacial score (nSPS) is 10.1. The first-order valence-corrected chi connectivity index (χ1v) is 5.47. The fraction of sp³-hybridized carbons (Fsp3) is 0. The van der Waals surface area contributed by atoms with Gasteiger partial charge in [0.05, 0.1) is 10.5 Å². The van der Waals surface area contributed by atoms with Crippen molar-refractivity contribution >= 4 is 21.6 Å². The van der Waals surface area contributed by atoms with Gasteiger partial charge >= 0.3 is 0 Å². The van der Waals surface area contributed by atoms with Gasteiger partial charge in [-0.3, -0.25) is 10.1 Å². The summed E-state index contributed by atoms with van der Waals surface area (Å²) in [5.41, 5.74) is 1.59. The fourth-order valence-electron chi connectivity index (χ4n) is 1.52. The Labute approximate surface area is 101 Å². The lowest BCUT2D eigenvalue weighted by Gasteiger charge is -2.03. The minimum atomic E-state index is -0.368. The molecule has 0 saturated carbocycles. The van der Waals surface area contributed by atoms with Crippen molar-refractivity contribution in [2.45, 2.75) is 0 Å². The van der Waals surface area contributed by atoms with Crippen LogP contribution in [0.5, 0.6) is 0 Å². The van der Waals surface area contributed by atoms with Crippen molar-refractivity contribution in [3.63, 3.8) is 0 Å². The summed E-state index contributed by atoms with van der Waals surface area (Å²) in [6.07, 6.45) is 0. The van der Waals surface area contributed by atoms with Gasteiger partial charge in [0.1, 0.15) is 0 Å². The van der Waals surface area contributed by atoms with Gasteiger partial charge in [-0.2, -0.15) is 0 Å². The maximum absolute atomic E-state index is 10.9. The Balaban J connectivity index is 2.61. The molecule has 0 N–H and O–H groups in total. The molecule has 4 heteroatoms. The van der Waals surface area contributed by atoms with Gasteiger partial charge < -0.3 is 0 Å². The molecule has 0 bridgehead atoms. The molecule has 2 rings (SSSR count). The topological polar surface area (TPSA) is 43.1 Å².